The third kappa shape index (κ3) is 2.43. The van der Waals surface area contributed by atoms with Crippen molar-refractivity contribution in [2.24, 2.45) is 0 Å². The first-order valence-corrected chi connectivity index (χ1v) is 6.75. The number of ether oxygens (including phenoxy) is 1. The summed E-state index contributed by atoms with van der Waals surface area (Å²) >= 11 is 0. The van der Waals surface area contributed by atoms with Crippen LogP contribution >= 0.6 is 0 Å². The van der Waals surface area contributed by atoms with Gasteiger partial charge in [0.1, 0.15) is 12.4 Å². The van der Waals surface area contributed by atoms with Crippen molar-refractivity contribution in [2.75, 3.05) is 12.3 Å². The lowest BCUT2D eigenvalue weighted by atomic mass is 10.2. The molecule has 2 heterocycles. The highest BCUT2D eigenvalue weighted by atomic mass is 16.5. The molecule has 1 atom stereocenters. The van der Waals surface area contributed by atoms with Crippen LogP contribution in [0.4, 0.5) is 5.69 Å². The van der Waals surface area contributed by atoms with Crippen molar-refractivity contribution in [1.82, 2.24) is 9.55 Å². The molecule has 1 saturated heterocycles. The van der Waals surface area contributed by atoms with Crippen molar-refractivity contribution in [3.8, 4) is 0 Å². The zero-order valence-electron chi connectivity index (χ0n) is 10.9. The highest BCUT2D eigenvalue weighted by molar-refractivity contribution is 5.79. The second-order valence-corrected chi connectivity index (χ2v) is 5.01. The van der Waals surface area contributed by atoms with Crippen molar-refractivity contribution < 1.29 is 9.84 Å². The number of hydrogen-bond donors (Lipinski definition) is 2. The molecular weight excluding hydrogens is 242 g/mol. The number of nitrogens with two attached hydrogens (primary N) is 1. The molecule has 1 aromatic carbocycles. The number of aliphatic hydroxyl groups is 1. The van der Waals surface area contributed by atoms with Gasteiger partial charge in [-0.15, -0.1) is 0 Å². The number of nitrogens with zero attached hydrogens (tertiary/aromatic N) is 2. The molecule has 1 fully saturated rings. The first-order valence-electron chi connectivity index (χ1n) is 6.75. The summed E-state index contributed by atoms with van der Waals surface area (Å²) < 4.78 is 7.71. The predicted octanol–water partition coefficient (Wildman–Crippen LogP) is 1.68. The standard InChI is InChI=1S/C14H19N3O2/c15-10-3-4-13-12(8-10)16-14(9-18)17(13)6-5-11-2-1-7-19-11/h3-4,8,11,18H,1-2,5-7,9,15H2. The quantitative estimate of drug-likeness (QED) is 0.821. The third-order valence-electron chi connectivity index (χ3n) is 3.69. The number of aliphatic hydroxyl groups excluding tert-OH is 1. The zero-order valence-corrected chi connectivity index (χ0v) is 10.9. The van der Waals surface area contributed by atoms with E-state index in [4.69, 9.17) is 10.5 Å². The van der Waals surface area contributed by atoms with Gasteiger partial charge < -0.3 is 20.1 Å². The van der Waals surface area contributed by atoms with Crippen LogP contribution in [-0.4, -0.2) is 27.4 Å². The largest absolute Gasteiger partial charge is 0.399 e. The van der Waals surface area contributed by atoms with E-state index in [-0.39, 0.29) is 6.61 Å². The Balaban J connectivity index is 1.87. The number of aryl methyl sites for hydroxylation is 1. The first kappa shape index (κ1) is 12.4. The van der Waals surface area contributed by atoms with Crippen LogP contribution in [0.15, 0.2) is 18.2 Å². The van der Waals surface area contributed by atoms with Crippen LogP contribution in [0.2, 0.25) is 0 Å². The number of anilines is 1. The predicted molar refractivity (Wildman–Crippen MR) is 73.7 cm³/mol. The molecule has 0 saturated carbocycles. The summed E-state index contributed by atoms with van der Waals surface area (Å²) in [5.74, 6) is 0.693. The lowest BCUT2D eigenvalue weighted by Gasteiger charge is -2.12. The molecule has 1 aliphatic heterocycles. The van der Waals surface area contributed by atoms with Crippen molar-refractivity contribution >= 4 is 16.7 Å². The molecule has 19 heavy (non-hydrogen) atoms. The molecule has 0 amide bonds. The van der Waals surface area contributed by atoms with E-state index in [1.165, 1.54) is 0 Å². The van der Waals surface area contributed by atoms with E-state index in [0.717, 1.165) is 43.4 Å². The van der Waals surface area contributed by atoms with Gasteiger partial charge in [0.2, 0.25) is 0 Å². The molecule has 1 unspecified atom stereocenters. The van der Waals surface area contributed by atoms with E-state index >= 15 is 0 Å². The first-order chi connectivity index (χ1) is 9.28. The van der Waals surface area contributed by atoms with Crippen LogP contribution < -0.4 is 5.73 Å². The van der Waals surface area contributed by atoms with E-state index in [2.05, 4.69) is 9.55 Å². The van der Waals surface area contributed by atoms with Gasteiger partial charge in [-0.3, -0.25) is 0 Å². The van der Waals surface area contributed by atoms with Gasteiger partial charge in [-0.05, 0) is 37.5 Å². The van der Waals surface area contributed by atoms with Crippen molar-refractivity contribution in [3.05, 3.63) is 24.0 Å². The lowest BCUT2D eigenvalue weighted by Crippen LogP contribution is -2.12. The number of rotatable bonds is 4. The fourth-order valence-electron chi connectivity index (χ4n) is 2.71. The Hall–Kier alpha value is -1.59. The van der Waals surface area contributed by atoms with Crippen molar-refractivity contribution in [2.45, 2.75) is 38.5 Å². The van der Waals surface area contributed by atoms with Gasteiger partial charge in [-0.2, -0.15) is 0 Å². The van der Waals surface area contributed by atoms with Gasteiger partial charge in [-0.1, -0.05) is 0 Å². The Morgan fingerprint density at radius 3 is 3.11 bits per heavy atom. The SMILES string of the molecule is Nc1ccc2c(c1)nc(CO)n2CCC1CCCO1. The molecule has 5 heteroatoms. The van der Waals surface area contributed by atoms with Crippen LogP contribution in [0.5, 0.6) is 0 Å². The lowest BCUT2D eigenvalue weighted by molar-refractivity contribution is 0.100. The summed E-state index contributed by atoms with van der Waals surface area (Å²) in [6.45, 7) is 1.64. The van der Waals surface area contributed by atoms with E-state index in [9.17, 15) is 5.11 Å². The number of benzene rings is 1. The molecule has 3 rings (SSSR count). The van der Waals surface area contributed by atoms with Crippen LogP contribution in [0.3, 0.4) is 0 Å². The molecule has 5 nitrogen and oxygen atoms in total. The molecule has 0 spiro atoms. The van der Waals surface area contributed by atoms with E-state index in [1.807, 2.05) is 18.2 Å². The van der Waals surface area contributed by atoms with Gasteiger partial charge in [0.05, 0.1) is 17.1 Å². The molecule has 1 aromatic heterocycles. The molecular formula is C14H19N3O2. The zero-order chi connectivity index (χ0) is 13.2. The second-order valence-electron chi connectivity index (χ2n) is 5.01. The molecule has 0 bridgehead atoms. The smallest absolute Gasteiger partial charge is 0.135 e. The summed E-state index contributed by atoms with van der Waals surface area (Å²) in [4.78, 5) is 4.43. The van der Waals surface area contributed by atoms with Crippen LogP contribution in [0, 0.1) is 0 Å². The maximum absolute atomic E-state index is 9.43. The van der Waals surface area contributed by atoms with E-state index in [0.29, 0.717) is 17.6 Å². The fourth-order valence-corrected chi connectivity index (χ4v) is 2.71. The van der Waals surface area contributed by atoms with Gasteiger partial charge in [0, 0.05) is 18.8 Å². The monoisotopic (exact) mass is 261 g/mol. The highest BCUT2D eigenvalue weighted by Gasteiger charge is 2.17. The fraction of sp³-hybridized carbons (Fsp3) is 0.500. The van der Waals surface area contributed by atoms with Crippen LogP contribution in [-0.2, 0) is 17.9 Å². The molecule has 102 valence electrons. The number of fused-ring (bicyclic) bond motifs is 1. The van der Waals surface area contributed by atoms with Crippen LogP contribution in [0.25, 0.3) is 11.0 Å². The average Bonchev–Trinajstić information content (AvgIpc) is 3.02. The molecule has 0 aliphatic carbocycles. The number of hydrogen-bond acceptors (Lipinski definition) is 4. The third-order valence-corrected chi connectivity index (χ3v) is 3.69. The summed E-state index contributed by atoms with van der Waals surface area (Å²) in [5.41, 5.74) is 8.33. The normalized spacial score (nSPS) is 19.3. The summed E-state index contributed by atoms with van der Waals surface area (Å²) in [7, 11) is 0. The minimum absolute atomic E-state index is 0.0554. The minimum Gasteiger partial charge on any atom is -0.399 e. The summed E-state index contributed by atoms with van der Waals surface area (Å²) in [5, 5.41) is 9.43. The van der Waals surface area contributed by atoms with E-state index < -0.39 is 0 Å². The molecule has 1 aliphatic rings. The van der Waals surface area contributed by atoms with Gasteiger partial charge in [-0.25, -0.2) is 4.98 Å². The molecule has 0 radical (unpaired) electrons. The van der Waals surface area contributed by atoms with Gasteiger partial charge in [0.15, 0.2) is 0 Å². The maximum Gasteiger partial charge on any atom is 0.135 e. The average molecular weight is 261 g/mol. The van der Waals surface area contributed by atoms with Gasteiger partial charge in [0.25, 0.3) is 0 Å². The van der Waals surface area contributed by atoms with Crippen molar-refractivity contribution in [3.63, 3.8) is 0 Å². The topological polar surface area (TPSA) is 73.3 Å². The van der Waals surface area contributed by atoms with Crippen LogP contribution in [0.1, 0.15) is 25.1 Å². The number of nitrogen functional groups attached to an aromatic ring is 1. The molecule has 2 aromatic rings. The Labute approximate surface area is 112 Å². The summed E-state index contributed by atoms with van der Waals surface area (Å²) in [6, 6.07) is 5.68. The van der Waals surface area contributed by atoms with Crippen molar-refractivity contribution in [1.29, 1.82) is 0 Å². The maximum atomic E-state index is 9.43. The Bertz CT molecular complexity index is 573. The Kier molecular flexibility index (Phi) is 3.40. The number of imidazole rings is 1. The van der Waals surface area contributed by atoms with Gasteiger partial charge >= 0.3 is 0 Å². The highest BCUT2D eigenvalue weighted by Crippen LogP contribution is 2.22. The Morgan fingerprint density at radius 1 is 1.47 bits per heavy atom. The molecule has 3 N–H and O–H groups in total. The Morgan fingerprint density at radius 2 is 2.37 bits per heavy atom. The van der Waals surface area contributed by atoms with E-state index in [1.54, 1.807) is 0 Å². The summed E-state index contributed by atoms with van der Waals surface area (Å²) in [6.07, 6.45) is 3.59. The minimum atomic E-state index is -0.0554. The number of aromatic nitrogens is 2. The second kappa shape index (κ2) is 5.19.